The van der Waals surface area contributed by atoms with Crippen molar-refractivity contribution in [3.8, 4) is 11.1 Å². The molecule has 2 aromatic carbocycles. The molecule has 0 radical (unpaired) electrons. The first kappa shape index (κ1) is 23.8. The summed E-state index contributed by atoms with van der Waals surface area (Å²) in [6.07, 6.45) is 2.65. The van der Waals surface area contributed by atoms with Crippen molar-refractivity contribution in [2.75, 3.05) is 32.9 Å². The fourth-order valence-electron chi connectivity index (χ4n) is 5.01. The molecule has 3 N–H and O–H groups in total. The topological polar surface area (TPSA) is 114 Å². The molecule has 0 bridgehead atoms. The third-order valence-electron chi connectivity index (χ3n) is 6.71. The summed E-state index contributed by atoms with van der Waals surface area (Å²) in [6.45, 7) is 0.364. The first-order chi connectivity index (χ1) is 16.5. The Balaban J connectivity index is 1.30. The van der Waals surface area contributed by atoms with Gasteiger partial charge in [0.1, 0.15) is 13.2 Å². The van der Waals surface area contributed by atoms with Crippen molar-refractivity contribution >= 4 is 18.0 Å². The van der Waals surface area contributed by atoms with E-state index in [0.717, 1.165) is 24.0 Å². The predicted octanol–water partition coefficient (Wildman–Crippen LogP) is 3.30. The Bertz CT molecular complexity index is 1000. The molecule has 0 aliphatic heterocycles. The van der Waals surface area contributed by atoms with E-state index in [1.807, 2.05) is 24.3 Å². The summed E-state index contributed by atoms with van der Waals surface area (Å²) in [7, 11) is 0. The Morgan fingerprint density at radius 1 is 0.941 bits per heavy atom. The molecule has 0 saturated heterocycles. The maximum Gasteiger partial charge on any atom is 0.407 e. The number of carboxylic acid groups (broad SMARTS) is 1. The van der Waals surface area contributed by atoms with Crippen molar-refractivity contribution in [2.24, 2.45) is 5.41 Å². The van der Waals surface area contributed by atoms with Crippen LogP contribution in [0.5, 0.6) is 0 Å². The van der Waals surface area contributed by atoms with Crippen LogP contribution in [0.2, 0.25) is 0 Å². The highest BCUT2D eigenvalue weighted by Gasteiger charge is 2.41. The lowest BCUT2D eigenvalue weighted by molar-refractivity contribution is -0.142. The highest BCUT2D eigenvalue weighted by molar-refractivity contribution is 5.84. The average molecular weight is 467 g/mol. The lowest BCUT2D eigenvalue weighted by Gasteiger charge is -2.28. The Labute approximate surface area is 198 Å². The molecule has 0 unspecified atom stereocenters. The van der Waals surface area contributed by atoms with Gasteiger partial charge in [0.05, 0.1) is 12.0 Å². The minimum Gasteiger partial charge on any atom is -0.480 e. The van der Waals surface area contributed by atoms with Crippen LogP contribution < -0.4 is 10.6 Å². The van der Waals surface area contributed by atoms with Crippen LogP contribution in [0.15, 0.2) is 48.5 Å². The molecule has 2 amide bonds. The zero-order chi connectivity index (χ0) is 24.0. The number of ether oxygens (including phenoxy) is 2. The summed E-state index contributed by atoms with van der Waals surface area (Å²) < 4.78 is 10.6. The quantitative estimate of drug-likeness (QED) is 0.463. The number of hydrogen-bond donors (Lipinski definition) is 3. The van der Waals surface area contributed by atoms with Gasteiger partial charge in [-0.3, -0.25) is 4.79 Å². The molecule has 0 heterocycles. The maximum atomic E-state index is 12.8. The van der Waals surface area contributed by atoms with Crippen LogP contribution in [-0.4, -0.2) is 56.0 Å². The minimum absolute atomic E-state index is 0.0207. The van der Waals surface area contributed by atoms with Gasteiger partial charge in [-0.1, -0.05) is 61.4 Å². The van der Waals surface area contributed by atoms with E-state index in [2.05, 4.69) is 34.9 Å². The zero-order valence-corrected chi connectivity index (χ0v) is 19.0. The number of fused-ring (bicyclic) bond motifs is 3. The zero-order valence-electron chi connectivity index (χ0n) is 19.0. The van der Waals surface area contributed by atoms with Gasteiger partial charge in [-0.05, 0) is 35.1 Å². The van der Waals surface area contributed by atoms with Crippen LogP contribution in [0.1, 0.15) is 42.7 Å². The summed E-state index contributed by atoms with van der Waals surface area (Å²) >= 11 is 0. The third kappa shape index (κ3) is 5.22. The molecule has 2 aliphatic rings. The highest BCUT2D eigenvalue weighted by Crippen LogP contribution is 2.44. The standard InChI is InChI=1S/C26H30N2O6/c29-23(30)16-33-14-13-27-24(31)26(11-5-6-12-26)17-28-25(32)34-15-22-20-9-3-1-7-18(20)19-8-2-4-10-21(19)22/h1-4,7-10,22H,5-6,11-17H2,(H,27,31)(H,28,32)(H,29,30). The molecule has 1 saturated carbocycles. The van der Waals surface area contributed by atoms with Crippen molar-refractivity contribution in [1.29, 1.82) is 0 Å². The second kappa shape index (κ2) is 10.7. The molecule has 4 rings (SSSR count). The van der Waals surface area contributed by atoms with E-state index in [4.69, 9.17) is 14.6 Å². The third-order valence-corrected chi connectivity index (χ3v) is 6.71. The second-order valence-electron chi connectivity index (χ2n) is 8.87. The number of carboxylic acids is 1. The average Bonchev–Trinajstić information content (AvgIpc) is 3.45. The molecule has 0 spiro atoms. The SMILES string of the molecule is O=C(O)COCCNC(=O)C1(CNC(=O)OCC2c3ccccc3-c3ccccc32)CCCC1. The number of benzene rings is 2. The fourth-order valence-corrected chi connectivity index (χ4v) is 5.01. The minimum atomic E-state index is -1.05. The van der Waals surface area contributed by atoms with Gasteiger partial charge in [-0.2, -0.15) is 0 Å². The molecule has 180 valence electrons. The summed E-state index contributed by atoms with van der Waals surface area (Å²) in [5.74, 6) is -1.22. The molecule has 1 fully saturated rings. The van der Waals surface area contributed by atoms with Gasteiger partial charge < -0.3 is 25.2 Å². The number of rotatable bonds is 10. The van der Waals surface area contributed by atoms with E-state index >= 15 is 0 Å². The molecular formula is C26H30N2O6. The Kier molecular flexibility index (Phi) is 7.47. The van der Waals surface area contributed by atoms with E-state index < -0.39 is 24.1 Å². The van der Waals surface area contributed by atoms with Crippen molar-refractivity contribution in [2.45, 2.75) is 31.6 Å². The Morgan fingerprint density at radius 2 is 1.56 bits per heavy atom. The highest BCUT2D eigenvalue weighted by atomic mass is 16.5. The lowest BCUT2D eigenvalue weighted by Crippen LogP contribution is -2.47. The van der Waals surface area contributed by atoms with E-state index in [9.17, 15) is 14.4 Å². The van der Waals surface area contributed by atoms with Crippen molar-refractivity contribution in [1.82, 2.24) is 10.6 Å². The normalized spacial score (nSPS) is 15.9. The van der Waals surface area contributed by atoms with E-state index in [1.165, 1.54) is 11.1 Å². The fraction of sp³-hybridized carbons (Fsp3) is 0.423. The van der Waals surface area contributed by atoms with Gasteiger partial charge in [-0.15, -0.1) is 0 Å². The van der Waals surface area contributed by atoms with Crippen molar-refractivity contribution < 1.29 is 29.0 Å². The van der Waals surface area contributed by atoms with Crippen molar-refractivity contribution in [3.05, 3.63) is 59.7 Å². The van der Waals surface area contributed by atoms with E-state index in [-0.39, 0.29) is 38.1 Å². The molecular weight excluding hydrogens is 436 g/mol. The lowest BCUT2D eigenvalue weighted by atomic mass is 9.85. The van der Waals surface area contributed by atoms with Gasteiger partial charge in [0, 0.05) is 19.0 Å². The molecule has 0 atom stereocenters. The smallest absolute Gasteiger partial charge is 0.407 e. The summed E-state index contributed by atoms with van der Waals surface area (Å²) in [5.41, 5.74) is 3.95. The monoisotopic (exact) mass is 466 g/mol. The largest absolute Gasteiger partial charge is 0.480 e. The number of amides is 2. The summed E-state index contributed by atoms with van der Waals surface area (Å²) in [5, 5.41) is 14.2. The number of alkyl carbamates (subject to hydrolysis) is 1. The molecule has 34 heavy (non-hydrogen) atoms. The van der Waals surface area contributed by atoms with Crippen LogP contribution in [0, 0.1) is 5.41 Å². The molecule has 8 nitrogen and oxygen atoms in total. The van der Waals surface area contributed by atoms with Crippen LogP contribution >= 0.6 is 0 Å². The van der Waals surface area contributed by atoms with Crippen molar-refractivity contribution in [3.63, 3.8) is 0 Å². The predicted molar refractivity (Wildman–Crippen MR) is 125 cm³/mol. The van der Waals surface area contributed by atoms with Gasteiger partial charge in [0.2, 0.25) is 5.91 Å². The number of hydrogen-bond acceptors (Lipinski definition) is 5. The number of carbonyl (C=O) groups is 3. The van der Waals surface area contributed by atoms with Crippen LogP contribution in [0.4, 0.5) is 4.79 Å². The summed E-state index contributed by atoms with van der Waals surface area (Å²) in [6, 6.07) is 16.3. The van der Waals surface area contributed by atoms with Crippen LogP contribution in [0.3, 0.4) is 0 Å². The summed E-state index contributed by atoms with van der Waals surface area (Å²) in [4.78, 5) is 35.9. The first-order valence-corrected chi connectivity index (χ1v) is 11.7. The molecule has 2 aliphatic carbocycles. The van der Waals surface area contributed by atoms with E-state index in [0.29, 0.717) is 12.8 Å². The second-order valence-corrected chi connectivity index (χ2v) is 8.87. The maximum absolute atomic E-state index is 12.8. The number of carbonyl (C=O) groups excluding carboxylic acids is 2. The van der Waals surface area contributed by atoms with Gasteiger partial charge in [-0.25, -0.2) is 9.59 Å². The van der Waals surface area contributed by atoms with Gasteiger partial charge in [0.15, 0.2) is 0 Å². The number of aliphatic carboxylic acids is 1. The first-order valence-electron chi connectivity index (χ1n) is 11.7. The Morgan fingerprint density at radius 3 is 2.18 bits per heavy atom. The molecule has 2 aromatic rings. The number of nitrogens with one attached hydrogen (secondary N) is 2. The van der Waals surface area contributed by atoms with E-state index in [1.54, 1.807) is 0 Å². The molecule has 0 aromatic heterocycles. The van der Waals surface area contributed by atoms with Crippen LogP contribution in [0.25, 0.3) is 11.1 Å². The van der Waals surface area contributed by atoms with Crippen LogP contribution in [-0.2, 0) is 19.1 Å². The van der Waals surface area contributed by atoms with Gasteiger partial charge in [0.25, 0.3) is 0 Å². The Hall–Kier alpha value is -3.39. The molecule has 8 heteroatoms. The van der Waals surface area contributed by atoms with Gasteiger partial charge >= 0.3 is 12.1 Å².